The highest BCUT2D eigenvalue weighted by atomic mass is 32.2. The molecule has 26 heavy (non-hydrogen) atoms. The van der Waals surface area contributed by atoms with Crippen molar-refractivity contribution in [2.24, 2.45) is 11.0 Å². The number of sulfonamides is 1. The minimum Gasteiger partial charge on any atom is -0.278 e. The topological polar surface area (TPSA) is 87.6 Å². The van der Waals surface area contributed by atoms with Gasteiger partial charge in [-0.1, -0.05) is 25.1 Å². The van der Waals surface area contributed by atoms with Gasteiger partial charge in [-0.15, -0.1) is 11.3 Å². The van der Waals surface area contributed by atoms with Crippen LogP contribution in [0.3, 0.4) is 0 Å². The zero-order valence-corrected chi connectivity index (χ0v) is 16.1. The van der Waals surface area contributed by atoms with Gasteiger partial charge in [-0.25, -0.2) is 13.8 Å². The summed E-state index contributed by atoms with van der Waals surface area (Å²) >= 11 is 1.12. The molecule has 1 aliphatic rings. The Morgan fingerprint density at radius 1 is 1.23 bits per heavy atom. The Kier molecular flexibility index (Phi) is 5.73. The van der Waals surface area contributed by atoms with Gasteiger partial charge in [-0.3, -0.25) is 9.52 Å². The van der Waals surface area contributed by atoms with E-state index in [1.807, 2.05) is 0 Å². The molecule has 0 spiro atoms. The summed E-state index contributed by atoms with van der Waals surface area (Å²) in [6.45, 7) is 2.17. The highest BCUT2D eigenvalue weighted by Gasteiger charge is 2.20. The fourth-order valence-electron chi connectivity index (χ4n) is 2.93. The first kappa shape index (κ1) is 18.6. The molecule has 6 nitrogen and oxygen atoms in total. The summed E-state index contributed by atoms with van der Waals surface area (Å²) in [5, 5.41) is 5.93. The number of thiophene rings is 1. The van der Waals surface area contributed by atoms with E-state index in [0.717, 1.165) is 36.3 Å². The Morgan fingerprint density at radius 3 is 2.77 bits per heavy atom. The maximum absolute atomic E-state index is 12.5. The molecule has 0 bridgehead atoms. The zero-order valence-electron chi connectivity index (χ0n) is 14.4. The van der Waals surface area contributed by atoms with Gasteiger partial charge >= 0.3 is 0 Å². The third kappa shape index (κ3) is 4.50. The van der Waals surface area contributed by atoms with Crippen molar-refractivity contribution in [3.05, 3.63) is 47.3 Å². The largest absolute Gasteiger partial charge is 0.278 e. The third-order valence-electron chi connectivity index (χ3n) is 4.24. The summed E-state index contributed by atoms with van der Waals surface area (Å²) in [6.07, 6.45) is 4.03. The van der Waals surface area contributed by atoms with Gasteiger partial charge < -0.3 is 0 Å². The molecular formula is C18H21N3O3S2. The number of nitrogens with one attached hydrogen (secondary N) is 2. The molecule has 0 aliphatic heterocycles. The van der Waals surface area contributed by atoms with Crippen LogP contribution in [0.5, 0.6) is 0 Å². The van der Waals surface area contributed by atoms with Gasteiger partial charge in [0.2, 0.25) is 0 Å². The Hall–Kier alpha value is -2.19. The quantitative estimate of drug-likeness (QED) is 0.759. The van der Waals surface area contributed by atoms with Crippen molar-refractivity contribution in [1.82, 2.24) is 5.43 Å². The fraction of sp³-hybridized carbons (Fsp3) is 0.333. The SMILES string of the molecule is C[C@H]1CCC/C(=N\NC(=O)c2ccccc2NS(=O)(=O)c2cccs2)C1. The van der Waals surface area contributed by atoms with Crippen molar-refractivity contribution < 1.29 is 13.2 Å². The summed E-state index contributed by atoms with van der Waals surface area (Å²) in [6, 6.07) is 9.69. The standard InChI is InChI=1S/C18H21N3O3S2/c1-13-6-4-7-14(12-13)19-20-18(22)15-8-2-3-9-16(15)21-26(23,24)17-10-5-11-25-17/h2-3,5,8-11,13,21H,4,6-7,12H2,1H3,(H,20,22)/b19-14+/t13-/m0/s1. The van der Waals surface area contributed by atoms with Gasteiger partial charge in [0.25, 0.3) is 15.9 Å². The molecule has 0 saturated heterocycles. The smallest absolute Gasteiger partial charge is 0.273 e. The molecular weight excluding hydrogens is 370 g/mol. The van der Waals surface area contributed by atoms with Crippen molar-refractivity contribution in [2.45, 2.75) is 36.8 Å². The van der Waals surface area contributed by atoms with Crippen LogP contribution in [0.15, 0.2) is 51.1 Å². The van der Waals surface area contributed by atoms with Gasteiger partial charge in [0.1, 0.15) is 4.21 Å². The normalized spacial score (nSPS) is 19.3. The van der Waals surface area contributed by atoms with Crippen LogP contribution in [0, 0.1) is 5.92 Å². The molecule has 1 aromatic carbocycles. The number of rotatable bonds is 5. The van der Waals surface area contributed by atoms with E-state index in [1.54, 1.807) is 35.7 Å². The maximum Gasteiger partial charge on any atom is 0.273 e. The molecule has 3 rings (SSSR count). The second-order valence-corrected chi connectivity index (χ2v) is 9.26. The first-order valence-electron chi connectivity index (χ1n) is 8.47. The van der Waals surface area contributed by atoms with Crippen LogP contribution in [0.2, 0.25) is 0 Å². The lowest BCUT2D eigenvalue weighted by molar-refractivity contribution is 0.0955. The molecule has 2 N–H and O–H groups in total. The van der Waals surface area contributed by atoms with E-state index in [2.05, 4.69) is 22.2 Å². The van der Waals surface area contributed by atoms with E-state index in [9.17, 15) is 13.2 Å². The Labute approximate surface area is 157 Å². The number of carbonyl (C=O) groups is 1. The number of hydrazone groups is 1. The number of anilines is 1. The van der Waals surface area contributed by atoms with Crippen molar-refractivity contribution >= 4 is 38.7 Å². The van der Waals surface area contributed by atoms with Crippen LogP contribution in [0.1, 0.15) is 43.0 Å². The number of benzene rings is 1. The number of carbonyl (C=O) groups excluding carboxylic acids is 1. The molecule has 0 radical (unpaired) electrons. The number of nitrogens with zero attached hydrogens (tertiary/aromatic N) is 1. The molecule has 1 aliphatic carbocycles. The minimum atomic E-state index is -3.72. The zero-order chi connectivity index (χ0) is 18.6. The number of amides is 1. The summed E-state index contributed by atoms with van der Waals surface area (Å²) < 4.78 is 27.5. The monoisotopic (exact) mass is 391 g/mol. The maximum atomic E-state index is 12.5. The predicted octanol–water partition coefficient (Wildman–Crippen LogP) is 3.84. The van der Waals surface area contributed by atoms with E-state index < -0.39 is 15.9 Å². The molecule has 1 saturated carbocycles. The second kappa shape index (κ2) is 8.01. The molecule has 1 fully saturated rings. The molecule has 138 valence electrons. The number of hydrogen-bond acceptors (Lipinski definition) is 5. The van der Waals surface area contributed by atoms with Crippen LogP contribution in [0.4, 0.5) is 5.69 Å². The fourth-order valence-corrected chi connectivity index (χ4v) is 5.01. The van der Waals surface area contributed by atoms with Gasteiger partial charge in [0.05, 0.1) is 11.3 Å². The average molecular weight is 392 g/mol. The molecule has 1 atom stereocenters. The van der Waals surface area contributed by atoms with Gasteiger partial charge in [-0.2, -0.15) is 5.10 Å². The molecule has 1 amide bonds. The third-order valence-corrected chi connectivity index (χ3v) is 7.00. The molecule has 1 aromatic heterocycles. The first-order chi connectivity index (χ1) is 12.5. The first-order valence-corrected chi connectivity index (χ1v) is 10.8. The molecule has 8 heteroatoms. The van der Waals surface area contributed by atoms with Gasteiger partial charge in [0.15, 0.2) is 0 Å². The molecule has 1 heterocycles. The lowest BCUT2D eigenvalue weighted by Gasteiger charge is -2.19. The number of para-hydroxylation sites is 1. The van der Waals surface area contributed by atoms with Crippen LogP contribution in [0.25, 0.3) is 0 Å². The van der Waals surface area contributed by atoms with Crippen molar-refractivity contribution in [3.63, 3.8) is 0 Å². The Balaban J connectivity index is 1.76. The van der Waals surface area contributed by atoms with Crippen LogP contribution < -0.4 is 10.1 Å². The Bertz CT molecular complexity index is 906. The van der Waals surface area contributed by atoms with Crippen LogP contribution >= 0.6 is 11.3 Å². The summed E-state index contributed by atoms with van der Waals surface area (Å²) in [5.41, 5.74) is 4.02. The predicted molar refractivity (Wildman–Crippen MR) is 104 cm³/mol. The summed E-state index contributed by atoms with van der Waals surface area (Å²) in [5.74, 6) is 0.143. The lowest BCUT2D eigenvalue weighted by Crippen LogP contribution is -2.24. The van der Waals surface area contributed by atoms with E-state index in [4.69, 9.17) is 0 Å². The summed E-state index contributed by atoms with van der Waals surface area (Å²) in [4.78, 5) is 12.5. The summed E-state index contributed by atoms with van der Waals surface area (Å²) in [7, 11) is -3.72. The number of hydrogen-bond donors (Lipinski definition) is 2. The van der Waals surface area contributed by atoms with Crippen molar-refractivity contribution in [1.29, 1.82) is 0 Å². The highest BCUT2D eigenvalue weighted by molar-refractivity contribution is 7.94. The van der Waals surface area contributed by atoms with Crippen LogP contribution in [-0.4, -0.2) is 20.0 Å². The van der Waals surface area contributed by atoms with E-state index in [-0.39, 0.29) is 15.5 Å². The molecule has 2 aromatic rings. The van der Waals surface area contributed by atoms with E-state index in [0.29, 0.717) is 5.92 Å². The Morgan fingerprint density at radius 2 is 2.04 bits per heavy atom. The van der Waals surface area contributed by atoms with Gasteiger partial charge in [-0.05, 0) is 55.2 Å². The van der Waals surface area contributed by atoms with Crippen LogP contribution in [-0.2, 0) is 10.0 Å². The molecule has 0 unspecified atom stereocenters. The van der Waals surface area contributed by atoms with E-state index >= 15 is 0 Å². The average Bonchev–Trinajstić information content (AvgIpc) is 3.16. The van der Waals surface area contributed by atoms with E-state index in [1.165, 1.54) is 12.5 Å². The highest BCUT2D eigenvalue weighted by Crippen LogP contribution is 2.23. The van der Waals surface area contributed by atoms with Crippen molar-refractivity contribution in [3.8, 4) is 0 Å². The van der Waals surface area contributed by atoms with Gasteiger partial charge in [0, 0.05) is 5.71 Å². The lowest BCUT2D eigenvalue weighted by atomic mass is 9.89. The minimum absolute atomic E-state index is 0.198. The second-order valence-electron chi connectivity index (χ2n) is 6.40. The van der Waals surface area contributed by atoms with Crippen molar-refractivity contribution in [2.75, 3.05) is 4.72 Å².